The standard InChI is InChI=1S/C14H24N2O4/c1-10(11-4-2-3-5-11)15-14(19)16-6-7-20-12(9-16)8-13(17)18/h10-12H,2-9H2,1H3,(H,15,19)(H,17,18). The van der Waals surface area contributed by atoms with Crippen molar-refractivity contribution >= 4 is 12.0 Å². The average Bonchev–Trinajstić information content (AvgIpc) is 2.92. The molecule has 114 valence electrons. The number of nitrogens with zero attached hydrogens (tertiary/aromatic N) is 1. The molecule has 2 aliphatic rings. The second kappa shape index (κ2) is 6.92. The van der Waals surface area contributed by atoms with Crippen LogP contribution in [0.5, 0.6) is 0 Å². The van der Waals surface area contributed by atoms with Crippen molar-refractivity contribution in [1.29, 1.82) is 0 Å². The minimum absolute atomic E-state index is 0.0536. The lowest BCUT2D eigenvalue weighted by molar-refractivity contribution is -0.141. The largest absolute Gasteiger partial charge is 0.481 e. The first kappa shape index (κ1) is 15.1. The monoisotopic (exact) mass is 284 g/mol. The van der Waals surface area contributed by atoms with Crippen LogP contribution in [0.1, 0.15) is 39.0 Å². The van der Waals surface area contributed by atoms with Crippen LogP contribution in [-0.4, -0.2) is 53.8 Å². The maximum atomic E-state index is 12.2. The normalized spacial score (nSPS) is 25.4. The molecule has 1 saturated carbocycles. The predicted octanol–water partition coefficient (Wildman–Crippen LogP) is 1.45. The Morgan fingerprint density at radius 1 is 1.40 bits per heavy atom. The first-order valence-electron chi connectivity index (χ1n) is 7.45. The highest BCUT2D eigenvalue weighted by Crippen LogP contribution is 2.27. The van der Waals surface area contributed by atoms with Crippen LogP contribution in [0.15, 0.2) is 0 Å². The van der Waals surface area contributed by atoms with E-state index in [1.165, 1.54) is 25.7 Å². The number of urea groups is 1. The highest BCUT2D eigenvalue weighted by atomic mass is 16.5. The zero-order chi connectivity index (χ0) is 14.5. The van der Waals surface area contributed by atoms with Gasteiger partial charge >= 0.3 is 12.0 Å². The molecule has 2 N–H and O–H groups in total. The molecule has 2 rings (SSSR count). The second-order valence-corrected chi connectivity index (χ2v) is 5.82. The smallest absolute Gasteiger partial charge is 0.317 e. The summed E-state index contributed by atoms with van der Waals surface area (Å²) in [6, 6.07) is 0.0915. The minimum Gasteiger partial charge on any atom is -0.481 e. The predicted molar refractivity (Wildman–Crippen MR) is 73.5 cm³/mol. The van der Waals surface area contributed by atoms with Gasteiger partial charge in [-0.3, -0.25) is 4.79 Å². The molecule has 1 aliphatic heterocycles. The molecular formula is C14H24N2O4. The van der Waals surface area contributed by atoms with Gasteiger partial charge in [0.1, 0.15) is 0 Å². The molecule has 0 aromatic heterocycles. The van der Waals surface area contributed by atoms with E-state index in [-0.39, 0.29) is 18.5 Å². The van der Waals surface area contributed by atoms with Crippen molar-refractivity contribution in [3.8, 4) is 0 Å². The summed E-state index contributed by atoms with van der Waals surface area (Å²) in [5.41, 5.74) is 0. The average molecular weight is 284 g/mol. The first-order valence-corrected chi connectivity index (χ1v) is 7.45. The Balaban J connectivity index is 1.80. The molecule has 0 aromatic rings. The first-order chi connectivity index (χ1) is 9.56. The molecule has 20 heavy (non-hydrogen) atoms. The Kier molecular flexibility index (Phi) is 5.23. The van der Waals surface area contributed by atoms with Gasteiger partial charge in [0.15, 0.2) is 0 Å². The third-order valence-corrected chi connectivity index (χ3v) is 4.29. The fourth-order valence-corrected chi connectivity index (χ4v) is 3.08. The number of hydrogen-bond acceptors (Lipinski definition) is 3. The van der Waals surface area contributed by atoms with Crippen molar-refractivity contribution in [1.82, 2.24) is 10.2 Å². The Morgan fingerprint density at radius 3 is 2.75 bits per heavy atom. The van der Waals surface area contributed by atoms with E-state index in [9.17, 15) is 9.59 Å². The molecule has 2 atom stereocenters. The minimum atomic E-state index is -0.892. The molecule has 2 unspecified atom stereocenters. The summed E-state index contributed by atoms with van der Waals surface area (Å²) < 4.78 is 5.37. The third kappa shape index (κ3) is 4.10. The fourth-order valence-electron chi connectivity index (χ4n) is 3.08. The summed E-state index contributed by atoms with van der Waals surface area (Å²) >= 11 is 0. The Bertz CT molecular complexity index is 355. The van der Waals surface area contributed by atoms with Crippen LogP contribution >= 0.6 is 0 Å². The van der Waals surface area contributed by atoms with Crippen LogP contribution in [0.4, 0.5) is 4.79 Å². The summed E-state index contributed by atoms with van der Waals surface area (Å²) in [7, 11) is 0. The lowest BCUT2D eigenvalue weighted by atomic mass is 10.00. The molecular weight excluding hydrogens is 260 g/mol. The highest BCUT2D eigenvalue weighted by molar-refractivity contribution is 5.75. The van der Waals surface area contributed by atoms with Crippen LogP contribution in [-0.2, 0) is 9.53 Å². The maximum Gasteiger partial charge on any atom is 0.317 e. The molecule has 0 aromatic carbocycles. The summed E-state index contributed by atoms with van der Waals surface area (Å²) in [4.78, 5) is 24.6. The second-order valence-electron chi connectivity index (χ2n) is 5.82. The van der Waals surface area contributed by atoms with Crippen LogP contribution in [0.25, 0.3) is 0 Å². The lowest BCUT2D eigenvalue weighted by Gasteiger charge is -2.33. The fraction of sp³-hybridized carbons (Fsp3) is 0.857. The number of amides is 2. The number of aliphatic carboxylic acids is 1. The number of carboxylic acid groups (broad SMARTS) is 1. The molecule has 1 heterocycles. The summed E-state index contributed by atoms with van der Waals surface area (Å²) in [5.74, 6) is -0.314. The van der Waals surface area contributed by atoms with Crippen LogP contribution < -0.4 is 5.32 Å². The molecule has 2 amide bonds. The van der Waals surface area contributed by atoms with E-state index in [4.69, 9.17) is 9.84 Å². The van der Waals surface area contributed by atoms with Crippen molar-refractivity contribution in [3.05, 3.63) is 0 Å². The molecule has 6 heteroatoms. The number of rotatable bonds is 4. The van der Waals surface area contributed by atoms with E-state index in [2.05, 4.69) is 12.2 Å². The summed E-state index contributed by atoms with van der Waals surface area (Å²) in [6.45, 7) is 3.35. The van der Waals surface area contributed by atoms with Crippen LogP contribution in [0.3, 0.4) is 0 Å². The van der Waals surface area contributed by atoms with E-state index in [1.807, 2.05) is 0 Å². The SMILES string of the molecule is CC(NC(=O)N1CCOC(CC(=O)O)C1)C1CCCC1. The molecule has 2 fully saturated rings. The number of hydrogen-bond donors (Lipinski definition) is 2. The highest BCUT2D eigenvalue weighted by Gasteiger charge is 2.28. The van der Waals surface area contributed by atoms with Crippen molar-refractivity contribution in [2.24, 2.45) is 5.92 Å². The lowest BCUT2D eigenvalue weighted by Crippen LogP contribution is -2.52. The van der Waals surface area contributed by atoms with Gasteiger partial charge in [-0.25, -0.2) is 4.79 Å². The molecule has 1 aliphatic carbocycles. The van der Waals surface area contributed by atoms with Crippen LogP contribution in [0, 0.1) is 5.92 Å². The van der Waals surface area contributed by atoms with E-state index >= 15 is 0 Å². The Labute approximate surface area is 119 Å². The Hall–Kier alpha value is -1.30. The van der Waals surface area contributed by atoms with E-state index in [0.717, 1.165) is 0 Å². The number of ether oxygens (including phenoxy) is 1. The molecule has 0 radical (unpaired) electrons. The van der Waals surface area contributed by atoms with Gasteiger partial charge in [0.2, 0.25) is 0 Å². The van der Waals surface area contributed by atoms with Crippen molar-refractivity contribution < 1.29 is 19.4 Å². The van der Waals surface area contributed by atoms with Crippen molar-refractivity contribution in [2.75, 3.05) is 19.7 Å². The number of nitrogens with one attached hydrogen (secondary N) is 1. The van der Waals surface area contributed by atoms with Gasteiger partial charge in [-0.15, -0.1) is 0 Å². The summed E-state index contributed by atoms with van der Waals surface area (Å²) in [6.07, 6.45) is 4.43. The van der Waals surface area contributed by atoms with Crippen molar-refractivity contribution in [2.45, 2.75) is 51.2 Å². The molecule has 0 spiro atoms. The van der Waals surface area contributed by atoms with Crippen molar-refractivity contribution in [3.63, 3.8) is 0 Å². The Morgan fingerprint density at radius 2 is 2.10 bits per heavy atom. The number of carboxylic acids is 1. The topological polar surface area (TPSA) is 78.9 Å². The third-order valence-electron chi connectivity index (χ3n) is 4.29. The quantitative estimate of drug-likeness (QED) is 0.819. The van der Waals surface area contributed by atoms with Gasteiger partial charge in [-0.2, -0.15) is 0 Å². The van der Waals surface area contributed by atoms with Gasteiger partial charge in [0.25, 0.3) is 0 Å². The van der Waals surface area contributed by atoms with Gasteiger partial charge in [-0.05, 0) is 25.7 Å². The summed E-state index contributed by atoms with van der Waals surface area (Å²) in [5, 5.41) is 11.8. The van der Waals surface area contributed by atoms with Gasteiger partial charge in [-0.1, -0.05) is 12.8 Å². The molecule has 1 saturated heterocycles. The van der Waals surface area contributed by atoms with Gasteiger partial charge in [0, 0.05) is 19.1 Å². The maximum absolute atomic E-state index is 12.2. The molecule has 6 nitrogen and oxygen atoms in total. The van der Waals surface area contributed by atoms with Gasteiger partial charge < -0.3 is 20.1 Å². The van der Waals surface area contributed by atoms with E-state index in [1.54, 1.807) is 4.90 Å². The number of carbonyl (C=O) groups is 2. The number of morpholine rings is 1. The zero-order valence-electron chi connectivity index (χ0n) is 12.0. The van der Waals surface area contributed by atoms with Gasteiger partial charge in [0.05, 0.1) is 19.1 Å². The van der Waals surface area contributed by atoms with E-state index in [0.29, 0.717) is 25.6 Å². The van der Waals surface area contributed by atoms with Crippen LogP contribution in [0.2, 0.25) is 0 Å². The molecule has 0 bridgehead atoms. The van der Waals surface area contributed by atoms with E-state index < -0.39 is 12.1 Å². The zero-order valence-corrected chi connectivity index (χ0v) is 12.0. The number of carbonyl (C=O) groups excluding carboxylic acids is 1.